The average molecular weight is 177 g/mol. The van der Waals surface area contributed by atoms with Gasteiger partial charge in [0.25, 0.3) is 5.91 Å². The number of azo groups is 1. The number of rotatable bonds is 2. The van der Waals surface area contributed by atoms with Crippen LogP contribution < -0.4 is 0 Å². The molecule has 0 unspecified atom stereocenters. The zero-order valence-electron chi connectivity index (χ0n) is 7.64. The predicted octanol–water partition coefficient (Wildman–Crippen LogP) is 2.08. The minimum atomic E-state index is -0.323. The van der Waals surface area contributed by atoms with E-state index in [0.29, 0.717) is 5.56 Å². The highest BCUT2D eigenvalue weighted by molar-refractivity contribution is 5.94. The van der Waals surface area contributed by atoms with E-state index in [-0.39, 0.29) is 11.9 Å². The fourth-order valence-corrected chi connectivity index (χ4v) is 0.720. The summed E-state index contributed by atoms with van der Waals surface area (Å²) in [5.41, 5.74) is 0.513. The number of aromatic nitrogens is 1. The molecule has 0 bridgehead atoms. The summed E-state index contributed by atoms with van der Waals surface area (Å²) in [6.07, 6.45) is 3.11. The third-order valence-electron chi connectivity index (χ3n) is 1.31. The Bertz CT molecular complexity index is 306. The molecule has 1 rings (SSSR count). The van der Waals surface area contributed by atoms with Gasteiger partial charge in [0, 0.05) is 18.0 Å². The smallest absolute Gasteiger partial charge is 0.265 e. The van der Waals surface area contributed by atoms with Gasteiger partial charge in [-0.25, -0.2) is 0 Å². The molecule has 1 heterocycles. The highest BCUT2D eigenvalue weighted by Gasteiger charge is 2.02. The van der Waals surface area contributed by atoms with Crippen LogP contribution in [0.1, 0.15) is 24.2 Å². The van der Waals surface area contributed by atoms with Gasteiger partial charge in [0.15, 0.2) is 0 Å². The Morgan fingerprint density at radius 2 is 2.00 bits per heavy atom. The number of amides is 1. The van der Waals surface area contributed by atoms with Crippen molar-refractivity contribution in [1.82, 2.24) is 4.98 Å². The summed E-state index contributed by atoms with van der Waals surface area (Å²) in [6, 6.07) is 3.27. The van der Waals surface area contributed by atoms with Gasteiger partial charge in [-0.3, -0.25) is 9.78 Å². The topological polar surface area (TPSA) is 54.7 Å². The first-order valence-electron chi connectivity index (χ1n) is 4.05. The zero-order chi connectivity index (χ0) is 9.68. The Labute approximate surface area is 76.7 Å². The van der Waals surface area contributed by atoms with Crippen molar-refractivity contribution in [2.24, 2.45) is 10.2 Å². The molecule has 13 heavy (non-hydrogen) atoms. The first-order valence-corrected chi connectivity index (χ1v) is 4.05. The maximum Gasteiger partial charge on any atom is 0.295 e. The van der Waals surface area contributed by atoms with Crippen molar-refractivity contribution in [2.75, 3.05) is 0 Å². The van der Waals surface area contributed by atoms with E-state index in [2.05, 4.69) is 15.2 Å². The van der Waals surface area contributed by atoms with E-state index in [1.807, 2.05) is 13.8 Å². The van der Waals surface area contributed by atoms with Gasteiger partial charge in [-0.15, -0.1) is 5.11 Å². The van der Waals surface area contributed by atoms with Crippen LogP contribution in [0, 0.1) is 0 Å². The summed E-state index contributed by atoms with van der Waals surface area (Å²) in [5.74, 6) is -0.323. The van der Waals surface area contributed by atoms with Crippen LogP contribution in [0.25, 0.3) is 0 Å². The molecule has 0 N–H and O–H groups in total. The molecular formula is C9H11N3O. The summed E-state index contributed by atoms with van der Waals surface area (Å²) in [6.45, 7) is 3.73. The third-order valence-corrected chi connectivity index (χ3v) is 1.31. The van der Waals surface area contributed by atoms with Crippen molar-refractivity contribution < 1.29 is 4.79 Å². The van der Waals surface area contributed by atoms with E-state index in [0.717, 1.165) is 0 Å². The summed E-state index contributed by atoms with van der Waals surface area (Å²) in [4.78, 5) is 15.1. The van der Waals surface area contributed by atoms with Crippen molar-refractivity contribution in [3.63, 3.8) is 0 Å². The first-order chi connectivity index (χ1) is 6.20. The Kier molecular flexibility index (Phi) is 3.25. The molecular weight excluding hydrogens is 166 g/mol. The Morgan fingerprint density at radius 1 is 1.38 bits per heavy atom. The second kappa shape index (κ2) is 4.45. The SMILES string of the molecule is CC(C)N=NC(=O)c1ccncc1. The molecule has 0 aliphatic rings. The van der Waals surface area contributed by atoms with Crippen LogP contribution in [0.3, 0.4) is 0 Å². The van der Waals surface area contributed by atoms with Crippen LogP contribution in [0.5, 0.6) is 0 Å². The summed E-state index contributed by atoms with van der Waals surface area (Å²) in [5, 5.41) is 7.31. The lowest BCUT2D eigenvalue weighted by Gasteiger charge is -1.93. The van der Waals surface area contributed by atoms with Gasteiger partial charge >= 0.3 is 0 Å². The van der Waals surface area contributed by atoms with E-state index < -0.39 is 0 Å². The highest BCUT2D eigenvalue weighted by atomic mass is 16.1. The van der Waals surface area contributed by atoms with Crippen LogP contribution in [0.4, 0.5) is 0 Å². The van der Waals surface area contributed by atoms with E-state index in [9.17, 15) is 4.79 Å². The molecule has 0 aliphatic heterocycles. The summed E-state index contributed by atoms with van der Waals surface area (Å²) >= 11 is 0. The number of carbonyl (C=O) groups excluding carboxylic acids is 1. The minimum Gasteiger partial charge on any atom is -0.265 e. The molecule has 0 fully saturated rings. The van der Waals surface area contributed by atoms with Crippen molar-refractivity contribution in [2.45, 2.75) is 19.9 Å². The molecule has 1 aromatic heterocycles. The highest BCUT2D eigenvalue weighted by Crippen LogP contribution is 2.00. The van der Waals surface area contributed by atoms with Gasteiger partial charge in [0.05, 0.1) is 6.04 Å². The van der Waals surface area contributed by atoms with E-state index in [1.54, 1.807) is 24.5 Å². The molecule has 0 aliphatic carbocycles. The van der Waals surface area contributed by atoms with E-state index >= 15 is 0 Å². The standard InChI is InChI=1S/C9H11N3O/c1-7(2)11-12-9(13)8-3-5-10-6-4-8/h3-7H,1-2H3. The fraction of sp³-hybridized carbons (Fsp3) is 0.333. The van der Waals surface area contributed by atoms with Crippen LogP contribution in [-0.2, 0) is 0 Å². The summed E-state index contributed by atoms with van der Waals surface area (Å²) in [7, 11) is 0. The maximum absolute atomic E-state index is 11.3. The molecule has 68 valence electrons. The fourth-order valence-electron chi connectivity index (χ4n) is 0.720. The Balaban J connectivity index is 2.70. The van der Waals surface area contributed by atoms with Crippen molar-refractivity contribution in [3.05, 3.63) is 30.1 Å². The molecule has 0 spiro atoms. The maximum atomic E-state index is 11.3. The third kappa shape index (κ3) is 3.11. The Morgan fingerprint density at radius 3 is 2.54 bits per heavy atom. The van der Waals surface area contributed by atoms with Crippen LogP contribution >= 0.6 is 0 Å². The number of hydrogen-bond acceptors (Lipinski definition) is 3. The molecule has 0 atom stereocenters. The van der Waals surface area contributed by atoms with Crippen LogP contribution in [0.15, 0.2) is 34.8 Å². The number of nitrogens with zero attached hydrogens (tertiary/aromatic N) is 3. The second-order valence-corrected chi connectivity index (χ2v) is 2.85. The van der Waals surface area contributed by atoms with Crippen molar-refractivity contribution in [1.29, 1.82) is 0 Å². The normalized spacial score (nSPS) is 11.0. The number of carbonyl (C=O) groups is 1. The lowest BCUT2D eigenvalue weighted by Crippen LogP contribution is -1.95. The van der Waals surface area contributed by atoms with E-state index in [4.69, 9.17) is 0 Å². The molecule has 0 saturated carbocycles. The molecule has 1 amide bonds. The van der Waals surface area contributed by atoms with Gasteiger partial charge in [0.1, 0.15) is 0 Å². The second-order valence-electron chi connectivity index (χ2n) is 2.85. The molecule has 0 aromatic carbocycles. The monoisotopic (exact) mass is 177 g/mol. The molecule has 4 heteroatoms. The van der Waals surface area contributed by atoms with Gasteiger partial charge in [0.2, 0.25) is 0 Å². The molecule has 0 radical (unpaired) electrons. The minimum absolute atomic E-state index is 0.0470. The number of hydrogen-bond donors (Lipinski definition) is 0. The lowest BCUT2D eigenvalue weighted by molar-refractivity contribution is 0.0992. The molecule has 0 saturated heterocycles. The van der Waals surface area contributed by atoms with Gasteiger partial charge in [-0.2, -0.15) is 5.11 Å². The van der Waals surface area contributed by atoms with Gasteiger partial charge in [-0.1, -0.05) is 0 Å². The molecule has 4 nitrogen and oxygen atoms in total. The van der Waals surface area contributed by atoms with E-state index in [1.165, 1.54) is 0 Å². The van der Waals surface area contributed by atoms with Crippen LogP contribution in [-0.4, -0.2) is 16.9 Å². The predicted molar refractivity (Wildman–Crippen MR) is 48.6 cm³/mol. The van der Waals surface area contributed by atoms with Crippen molar-refractivity contribution in [3.8, 4) is 0 Å². The van der Waals surface area contributed by atoms with Crippen LogP contribution in [0.2, 0.25) is 0 Å². The lowest BCUT2D eigenvalue weighted by atomic mass is 10.3. The quantitative estimate of drug-likeness (QED) is 0.649. The largest absolute Gasteiger partial charge is 0.295 e. The zero-order valence-corrected chi connectivity index (χ0v) is 7.64. The first kappa shape index (κ1) is 9.51. The Hall–Kier alpha value is -1.58. The average Bonchev–Trinajstić information content (AvgIpc) is 2.15. The molecule has 1 aromatic rings. The van der Waals surface area contributed by atoms with Gasteiger partial charge in [-0.05, 0) is 26.0 Å². The summed E-state index contributed by atoms with van der Waals surface area (Å²) < 4.78 is 0. The van der Waals surface area contributed by atoms with Crippen molar-refractivity contribution >= 4 is 5.91 Å². The number of pyridine rings is 1. The van der Waals surface area contributed by atoms with Gasteiger partial charge < -0.3 is 0 Å².